The van der Waals surface area contributed by atoms with Crippen molar-refractivity contribution in [2.45, 2.75) is 50.0 Å². The highest BCUT2D eigenvalue weighted by atomic mass is 35.5. The fourth-order valence-corrected chi connectivity index (χ4v) is 5.16. The number of aryl methyl sites for hydroxylation is 1. The van der Waals surface area contributed by atoms with Crippen molar-refractivity contribution in [1.82, 2.24) is 4.31 Å². The van der Waals surface area contributed by atoms with Crippen LogP contribution in [0.2, 0.25) is 5.02 Å². The summed E-state index contributed by atoms with van der Waals surface area (Å²) in [5, 5.41) is 3.33. The standard InChI is InChI=1S/C21H25ClN2O3S/c1-15-11-12-17(22)14-20(15)23-21(25)16-7-6-10-19(13-16)28(26,27)24(2)18-8-4-3-5-9-18/h6-7,10-14,18H,3-5,8-9H2,1-2H3,(H,23,25). The summed E-state index contributed by atoms with van der Waals surface area (Å²) in [4.78, 5) is 12.8. The number of nitrogens with zero attached hydrogens (tertiary/aromatic N) is 1. The molecule has 0 aliphatic heterocycles. The van der Waals surface area contributed by atoms with Gasteiger partial charge in [-0.2, -0.15) is 4.31 Å². The molecule has 1 amide bonds. The van der Waals surface area contributed by atoms with Crippen LogP contribution in [-0.4, -0.2) is 31.7 Å². The Morgan fingerprint density at radius 1 is 1.11 bits per heavy atom. The number of sulfonamides is 1. The molecule has 3 rings (SSSR count). The Kier molecular flexibility index (Phi) is 6.43. The predicted octanol–water partition coefficient (Wildman–Crippen LogP) is 4.85. The van der Waals surface area contributed by atoms with Crippen molar-refractivity contribution in [2.75, 3.05) is 12.4 Å². The Morgan fingerprint density at radius 2 is 1.82 bits per heavy atom. The second-order valence-corrected chi connectivity index (χ2v) is 9.69. The van der Waals surface area contributed by atoms with Gasteiger partial charge in [-0.3, -0.25) is 4.79 Å². The van der Waals surface area contributed by atoms with Gasteiger partial charge in [0.25, 0.3) is 5.91 Å². The van der Waals surface area contributed by atoms with Crippen LogP contribution in [-0.2, 0) is 10.0 Å². The molecule has 2 aromatic carbocycles. The lowest BCUT2D eigenvalue weighted by atomic mass is 9.96. The van der Waals surface area contributed by atoms with Crippen molar-refractivity contribution >= 4 is 33.2 Å². The van der Waals surface area contributed by atoms with Crippen molar-refractivity contribution in [3.63, 3.8) is 0 Å². The molecule has 1 aliphatic carbocycles. The van der Waals surface area contributed by atoms with Crippen molar-refractivity contribution < 1.29 is 13.2 Å². The molecule has 28 heavy (non-hydrogen) atoms. The van der Waals surface area contributed by atoms with Gasteiger partial charge in [-0.1, -0.05) is 43.0 Å². The van der Waals surface area contributed by atoms with Gasteiger partial charge in [0.2, 0.25) is 10.0 Å². The van der Waals surface area contributed by atoms with Gasteiger partial charge < -0.3 is 5.32 Å². The SMILES string of the molecule is Cc1ccc(Cl)cc1NC(=O)c1cccc(S(=O)(=O)N(C)C2CCCCC2)c1. The minimum absolute atomic E-state index is 0.0188. The summed E-state index contributed by atoms with van der Waals surface area (Å²) in [6.45, 7) is 1.87. The van der Waals surface area contributed by atoms with Crippen LogP contribution in [0.25, 0.3) is 0 Å². The van der Waals surface area contributed by atoms with Gasteiger partial charge in [-0.25, -0.2) is 8.42 Å². The summed E-state index contributed by atoms with van der Waals surface area (Å²) in [5.41, 5.74) is 1.76. The van der Waals surface area contributed by atoms with E-state index < -0.39 is 10.0 Å². The van der Waals surface area contributed by atoms with Crippen LogP contribution in [0, 0.1) is 6.92 Å². The van der Waals surface area contributed by atoms with Crippen LogP contribution in [0.15, 0.2) is 47.4 Å². The van der Waals surface area contributed by atoms with Crippen LogP contribution in [0.3, 0.4) is 0 Å². The molecule has 0 saturated heterocycles. The van der Waals surface area contributed by atoms with Crippen LogP contribution < -0.4 is 5.32 Å². The van der Waals surface area contributed by atoms with Crippen LogP contribution >= 0.6 is 11.6 Å². The molecular formula is C21H25ClN2O3S. The quantitative estimate of drug-likeness (QED) is 0.751. The summed E-state index contributed by atoms with van der Waals surface area (Å²) in [6.07, 6.45) is 5.01. The first-order valence-electron chi connectivity index (χ1n) is 9.44. The lowest BCUT2D eigenvalue weighted by Gasteiger charge is -2.30. The molecule has 2 aromatic rings. The predicted molar refractivity (Wildman–Crippen MR) is 112 cm³/mol. The molecule has 7 heteroatoms. The second kappa shape index (κ2) is 8.64. The number of rotatable bonds is 5. The number of carbonyl (C=O) groups excluding carboxylic acids is 1. The van der Waals surface area contributed by atoms with E-state index in [1.807, 2.05) is 13.0 Å². The van der Waals surface area contributed by atoms with E-state index in [9.17, 15) is 13.2 Å². The zero-order chi connectivity index (χ0) is 20.3. The fourth-order valence-electron chi connectivity index (χ4n) is 3.53. The number of benzene rings is 2. The number of hydrogen-bond donors (Lipinski definition) is 1. The van der Waals surface area contributed by atoms with Crippen molar-refractivity contribution in [3.8, 4) is 0 Å². The molecule has 1 saturated carbocycles. The molecule has 1 fully saturated rings. The van der Waals surface area contributed by atoms with E-state index in [0.29, 0.717) is 10.7 Å². The smallest absolute Gasteiger partial charge is 0.255 e. The van der Waals surface area contributed by atoms with E-state index in [1.54, 1.807) is 31.3 Å². The maximum Gasteiger partial charge on any atom is 0.255 e. The maximum absolute atomic E-state index is 13.0. The van der Waals surface area contributed by atoms with Crippen molar-refractivity contribution in [1.29, 1.82) is 0 Å². The molecule has 0 aromatic heterocycles. The molecule has 0 atom stereocenters. The van der Waals surface area contributed by atoms with Crippen molar-refractivity contribution in [3.05, 3.63) is 58.6 Å². The topological polar surface area (TPSA) is 66.5 Å². The van der Waals surface area contributed by atoms with Gasteiger partial charge in [-0.05, 0) is 55.7 Å². The molecule has 1 aliphatic rings. The molecule has 0 spiro atoms. The van der Waals surface area contributed by atoms with E-state index in [1.165, 1.54) is 16.4 Å². The number of amides is 1. The number of nitrogens with one attached hydrogen (secondary N) is 1. The lowest BCUT2D eigenvalue weighted by molar-refractivity contribution is 0.102. The third-order valence-electron chi connectivity index (χ3n) is 5.31. The molecule has 0 unspecified atom stereocenters. The van der Waals surface area contributed by atoms with Crippen molar-refractivity contribution in [2.24, 2.45) is 0 Å². The number of carbonyl (C=O) groups is 1. The van der Waals surface area contributed by atoms with Crippen LogP contribution in [0.5, 0.6) is 0 Å². The van der Waals surface area contributed by atoms with Gasteiger partial charge in [0.15, 0.2) is 0 Å². The minimum Gasteiger partial charge on any atom is -0.322 e. The number of hydrogen-bond acceptors (Lipinski definition) is 3. The van der Waals surface area contributed by atoms with E-state index in [2.05, 4.69) is 5.32 Å². The molecule has 0 bridgehead atoms. The molecule has 150 valence electrons. The molecular weight excluding hydrogens is 396 g/mol. The fraction of sp³-hybridized carbons (Fsp3) is 0.381. The molecule has 5 nitrogen and oxygen atoms in total. The lowest BCUT2D eigenvalue weighted by Crippen LogP contribution is -2.38. The van der Waals surface area contributed by atoms with Crippen LogP contribution in [0.1, 0.15) is 48.0 Å². The summed E-state index contributed by atoms with van der Waals surface area (Å²) in [6, 6.07) is 11.4. The van der Waals surface area contributed by atoms with E-state index in [4.69, 9.17) is 11.6 Å². The first-order chi connectivity index (χ1) is 13.3. The van der Waals surface area contributed by atoms with E-state index in [-0.39, 0.29) is 22.4 Å². The highest BCUT2D eigenvalue weighted by molar-refractivity contribution is 7.89. The highest BCUT2D eigenvalue weighted by Gasteiger charge is 2.29. The largest absolute Gasteiger partial charge is 0.322 e. The summed E-state index contributed by atoms with van der Waals surface area (Å²) in [7, 11) is -2.02. The summed E-state index contributed by atoms with van der Waals surface area (Å²) in [5.74, 6) is -0.372. The average molecular weight is 421 g/mol. The van der Waals surface area contributed by atoms with Gasteiger partial charge in [0.1, 0.15) is 0 Å². The van der Waals surface area contributed by atoms with E-state index in [0.717, 1.165) is 37.7 Å². The second-order valence-electron chi connectivity index (χ2n) is 7.25. The Morgan fingerprint density at radius 3 is 2.54 bits per heavy atom. The first-order valence-corrected chi connectivity index (χ1v) is 11.3. The van der Waals surface area contributed by atoms with Gasteiger partial charge in [-0.15, -0.1) is 0 Å². The zero-order valence-corrected chi connectivity index (χ0v) is 17.7. The molecule has 0 heterocycles. The minimum atomic E-state index is -3.65. The first kappa shape index (κ1) is 20.8. The molecule has 0 radical (unpaired) electrons. The maximum atomic E-state index is 13.0. The number of halogens is 1. The Labute approximate surface area is 171 Å². The summed E-state index contributed by atoms with van der Waals surface area (Å²) >= 11 is 6.00. The monoisotopic (exact) mass is 420 g/mol. The average Bonchev–Trinajstić information content (AvgIpc) is 2.71. The normalized spacial score (nSPS) is 15.6. The molecule has 1 N–H and O–H groups in total. The third kappa shape index (κ3) is 4.57. The highest BCUT2D eigenvalue weighted by Crippen LogP contribution is 2.27. The van der Waals surface area contributed by atoms with Gasteiger partial charge >= 0.3 is 0 Å². The Hall–Kier alpha value is -1.89. The van der Waals surface area contributed by atoms with E-state index >= 15 is 0 Å². The number of anilines is 1. The van der Waals surface area contributed by atoms with Crippen LogP contribution in [0.4, 0.5) is 5.69 Å². The van der Waals surface area contributed by atoms with Gasteiger partial charge in [0, 0.05) is 29.4 Å². The summed E-state index contributed by atoms with van der Waals surface area (Å²) < 4.78 is 27.5. The Bertz CT molecular complexity index is 969. The third-order valence-corrected chi connectivity index (χ3v) is 7.45. The van der Waals surface area contributed by atoms with Gasteiger partial charge in [0.05, 0.1) is 4.90 Å². The Balaban J connectivity index is 1.82. The zero-order valence-electron chi connectivity index (χ0n) is 16.1.